The van der Waals surface area contributed by atoms with Crippen LogP contribution in [-0.4, -0.2) is 69.2 Å². The molecule has 1 aliphatic rings. The van der Waals surface area contributed by atoms with Crippen molar-refractivity contribution in [1.82, 2.24) is 30.0 Å². The van der Waals surface area contributed by atoms with Crippen molar-refractivity contribution in [1.29, 1.82) is 0 Å². The van der Waals surface area contributed by atoms with Crippen LogP contribution >= 0.6 is 0 Å². The Morgan fingerprint density at radius 3 is 2.96 bits per heavy atom. The van der Waals surface area contributed by atoms with Gasteiger partial charge in [-0.2, -0.15) is 5.10 Å². The third-order valence-electron chi connectivity index (χ3n) is 4.07. The van der Waals surface area contributed by atoms with Crippen molar-refractivity contribution >= 4 is 5.91 Å². The number of nitrogens with zero attached hydrogens (tertiary/aromatic N) is 5. The highest BCUT2D eigenvalue weighted by atomic mass is 16.5. The average Bonchev–Trinajstić information content (AvgIpc) is 2.87. The van der Waals surface area contributed by atoms with E-state index < -0.39 is 0 Å². The number of nitrogens with one attached hydrogen (secondary N) is 1. The second kappa shape index (κ2) is 7.39. The fourth-order valence-corrected chi connectivity index (χ4v) is 2.81. The summed E-state index contributed by atoms with van der Waals surface area (Å²) in [4.78, 5) is 25.3. The lowest BCUT2D eigenvalue weighted by Gasteiger charge is -2.21. The Hall–Kier alpha value is -2.48. The number of hydrogen-bond acceptors (Lipinski definition) is 6. The number of ether oxygens (including phenoxy) is 1. The summed E-state index contributed by atoms with van der Waals surface area (Å²) in [7, 11) is 1.58. The molecule has 3 rings (SSSR count). The van der Waals surface area contributed by atoms with Gasteiger partial charge >= 0.3 is 0 Å². The van der Waals surface area contributed by atoms with Crippen LogP contribution < -0.4 is 4.74 Å². The molecule has 0 unspecified atom stereocenters. The van der Waals surface area contributed by atoms with Crippen molar-refractivity contribution in [2.75, 3.05) is 33.3 Å². The van der Waals surface area contributed by atoms with Crippen molar-refractivity contribution in [3.63, 3.8) is 0 Å². The minimum atomic E-state index is -0.0514. The van der Waals surface area contributed by atoms with Crippen LogP contribution in [0.15, 0.2) is 18.3 Å². The first-order chi connectivity index (χ1) is 11.7. The molecule has 1 aliphatic heterocycles. The van der Waals surface area contributed by atoms with Crippen LogP contribution in [0.4, 0.5) is 0 Å². The topological polar surface area (TPSA) is 87.2 Å². The number of hydrogen-bond donors (Lipinski definition) is 1. The summed E-state index contributed by atoms with van der Waals surface area (Å²) in [6, 6.07) is 3.42. The van der Waals surface area contributed by atoms with Crippen molar-refractivity contribution in [3.8, 4) is 5.75 Å². The molecular formula is C16H22N6O2. The summed E-state index contributed by atoms with van der Waals surface area (Å²) in [5, 5.41) is 7.04. The van der Waals surface area contributed by atoms with E-state index in [1.807, 2.05) is 11.8 Å². The Bertz CT molecular complexity index is 701. The molecule has 1 fully saturated rings. The number of aromatic amines is 1. The Balaban J connectivity index is 1.61. The minimum absolute atomic E-state index is 0.0514. The van der Waals surface area contributed by atoms with Gasteiger partial charge < -0.3 is 9.64 Å². The van der Waals surface area contributed by atoms with Crippen LogP contribution in [0, 0.1) is 6.92 Å². The lowest BCUT2D eigenvalue weighted by molar-refractivity contribution is 0.0754. The molecule has 3 heterocycles. The summed E-state index contributed by atoms with van der Waals surface area (Å²) in [5.74, 6) is 2.21. The number of rotatable bonds is 4. The number of methoxy groups -OCH3 is 1. The number of H-pyrrole nitrogens is 1. The lowest BCUT2D eigenvalue weighted by Crippen LogP contribution is -2.35. The lowest BCUT2D eigenvalue weighted by atomic mass is 10.3. The first-order valence-corrected chi connectivity index (χ1v) is 8.05. The van der Waals surface area contributed by atoms with E-state index in [4.69, 9.17) is 4.74 Å². The van der Waals surface area contributed by atoms with Crippen molar-refractivity contribution in [2.45, 2.75) is 19.9 Å². The zero-order valence-electron chi connectivity index (χ0n) is 14.0. The van der Waals surface area contributed by atoms with Crippen LogP contribution in [0.25, 0.3) is 0 Å². The average molecular weight is 330 g/mol. The van der Waals surface area contributed by atoms with Gasteiger partial charge in [-0.1, -0.05) is 0 Å². The second-order valence-electron chi connectivity index (χ2n) is 5.84. The molecular weight excluding hydrogens is 308 g/mol. The van der Waals surface area contributed by atoms with Crippen molar-refractivity contribution in [2.24, 2.45) is 0 Å². The molecule has 24 heavy (non-hydrogen) atoms. The third-order valence-corrected chi connectivity index (χ3v) is 4.07. The maximum atomic E-state index is 12.6. The molecule has 0 atom stereocenters. The van der Waals surface area contributed by atoms with Gasteiger partial charge in [0.25, 0.3) is 5.91 Å². The molecule has 2 aromatic rings. The van der Waals surface area contributed by atoms with E-state index in [9.17, 15) is 4.79 Å². The monoisotopic (exact) mass is 330 g/mol. The number of aromatic nitrogens is 4. The third kappa shape index (κ3) is 3.88. The highest BCUT2D eigenvalue weighted by Crippen LogP contribution is 2.14. The first kappa shape index (κ1) is 16.4. The number of amides is 1. The van der Waals surface area contributed by atoms with Crippen molar-refractivity contribution in [3.05, 3.63) is 35.7 Å². The van der Waals surface area contributed by atoms with Gasteiger partial charge in [0.15, 0.2) is 5.82 Å². The van der Waals surface area contributed by atoms with Gasteiger partial charge in [0.05, 0.1) is 13.7 Å². The van der Waals surface area contributed by atoms with Gasteiger partial charge in [-0.25, -0.2) is 4.98 Å². The Morgan fingerprint density at radius 1 is 1.33 bits per heavy atom. The van der Waals surface area contributed by atoms with E-state index in [2.05, 4.69) is 25.1 Å². The zero-order chi connectivity index (χ0) is 16.9. The molecule has 8 heteroatoms. The molecule has 1 amide bonds. The van der Waals surface area contributed by atoms with Crippen LogP contribution in [0.3, 0.4) is 0 Å². The number of carbonyl (C=O) groups excluding carboxylic acids is 1. The fourth-order valence-electron chi connectivity index (χ4n) is 2.81. The van der Waals surface area contributed by atoms with Gasteiger partial charge in [0, 0.05) is 38.4 Å². The van der Waals surface area contributed by atoms with Crippen LogP contribution in [-0.2, 0) is 6.54 Å². The maximum absolute atomic E-state index is 12.6. The largest absolute Gasteiger partial charge is 0.497 e. The quantitative estimate of drug-likeness (QED) is 0.895. The normalized spacial score (nSPS) is 16.0. The van der Waals surface area contributed by atoms with E-state index in [1.54, 1.807) is 25.4 Å². The standard InChI is InChI=1S/C16H22N6O2/c1-12-18-15(20-19-12)11-21-6-3-7-22(9-8-21)16(23)14-10-13(24-2)4-5-17-14/h4-5,10H,3,6-9,11H2,1-2H3,(H,18,19,20). The summed E-state index contributed by atoms with van der Waals surface area (Å²) < 4.78 is 5.17. The van der Waals surface area contributed by atoms with E-state index >= 15 is 0 Å². The van der Waals surface area contributed by atoms with Gasteiger partial charge in [0.1, 0.15) is 17.3 Å². The number of pyridine rings is 1. The smallest absolute Gasteiger partial charge is 0.272 e. The van der Waals surface area contributed by atoms with E-state index in [1.165, 1.54) is 0 Å². The van der Waals surface area contributed by atoms with E-state index in [0.717, 1.165) is 37.7 Å². The van der Waals surface area contributed by atoms with Gasteiger partial charge in [-0.05, 0) is 19.4 Å². The predicted molar refractivity (Wildman–Crippen MR) is 87.7 cm³/mol. The highest BCUT2D eigenvalue weighted by molar-refractivity contribution is 5.92. The molecule has 2 aromatic heterocycles. The molecule has 0 spiro atoms. The van der Waals surface area contributed by atoms with E-state index in [-0.39, 0.29) is 5.91 Å². The van der Waals surface area contributed by atoms with Crippen LogP contribution in [0.1, 0.15) is 28.6 Å². The number of aryl methyl sites for hydroxylation is 1. The van der Waals surface area contributed by atoms with Gasteiger partial charge in [-0.3, -0.25) is 19.8 Å². The van der Waals surface area contributed by atoms with E-state index in [0.29, 0.717) is 24.5 Å². The zero-order valence-corrected chi connectivity index (χ0v) is 14.0. The molecule has 8 nitrogen and oxygen atoms in total. The Labute approximate surface area is 140 Å². The second-order valence-corrected chi connectivity index (χ2v) is 5.84. The summed E-state index contributed by atoms with van der Waals surface area (Å²) in [5.41, 5.74) is 0.424. The van der Waals surface area contributed by atoms with Crippen LogP contribution in [0.2, 0.25) is 0 Å². The minimum Gasteiger partial charge on any atom is -0.497 e. The summed E-state index contributed by atoms with van der Waals surface area (Å²) in [6.07, 6.45) is 2.51. The predicted octanol–water partition coefficient (Wildman–Crippen LogP) is 0.865. The Kier molecular flexibility index (Phi) is 5.05. The Morgan fingerprint density at radius 2 is 2.21 bits per heavy atom. The molecule has 128 valence electrons. The van der Waals surface area contributed by atoms with Crippen LogP contribution in [0.5, 0.6) is 5.75 Å². The molecule has 0 radical (unpaired) electrons. The summed E-state index contributed by atoms with van der Waals surface area (Å²) in [6.45, 7) is 5.69. The number of carbonyl (C=O) groups is 1. The fraction of sp³-hybridized carbons (Fsp3) is 0.500. The summed E-state index contributed by atoms with van der Waals surface area (Å²) >= 11 is 0. The molecule has 0 aromatic carbocycles. The molecule has 1 saturated heterocycles. The molecule has 0 aliphatic carbocycles. The van der Waals surface area contributed by atoms with Gasteiger partial charge in [-0.15, -0.1) is 0 Å². The molecule has 1 N–H and O–H groups in total. The first-order valence-electron chi connectivity index (χ1n) is 8.05. The molecule has 0 saturated carbocycles. The maximum Gasteiger partial charge on any atom is 0.272 e. The molecule has 0 bridgehead atoms. The SMILES string of the molecule is COc1ccnc(C(=O)N2CCCN(Cc3n[nH]c(C)n3)CC2)c1. The van der Waals surface area contributed by atoms with Crippen molar-refractivity contribution < 1.29 is 9.53 Å². The van der Waals surface area contributed by atoms with Gasteiger partial charge in [0.2, 0.25) is 0 Å². The highest BCUT2D eigenvalue weighted by Gasteiger charge is 2.22.